The van der Waals surface area contributed by atoms with Crippen molar-refractivity contribution in [3.63, 3.8) is 0 Å². The molecule has 0 spiro atoms. The van der Waals surface area contributed by atoms with Crippen LogP contribution in [-0.4, -0.2) is 27.7 Å². The van der Waals surface area contributed by atoms with Gasteiger partial charge in [0, 0.05) is 6.42 Å². The van der Waals surface area contributed by atoms with Crippen LogP contribution in [0.2, 0.25) is 0 Å². The van der Waals surface area contributed by atoms with Gasteiger partial charge in [-0.3, -0.25) is 0 Å². The van der Waals surface area contributed by atoms with Crippen molar-refractivity contribution in [1.82, 2.24) is 14.8 Å². The molecule has 3 atom stereocenters. The molecular formula is C15H17BFN3O. The number of nitrogens with zero attached hydrogens (tertiary/aromatic N) is 3. The Balaban J connectivity index is 1.74. The molecular weight excluding hydrogens is 268 g/mol. The van der Waals surface area contributed by atoms with Gasteiger partial charge in [-0.05, 0) is 24.3 Å². The van der Waals surface area contributed by atoms with E-state index < -0.39 is 11.7 Å². The van der Waals surface area contributed by atoms with Gasteiger partial charge in [-0.2, -0.15) is 5.10 Å². The molecule has 4 rings (SSSR count). The lowest BCUT2D eigenvalue weighted by Gasteiger charge is -2.19. The first-order valence-electron chi connectivity index (χ1n) is 7.45. The zero-order valence-electron chi connectivity index (χ0n) is 11.9. The molecule has 108 valence electrons. The highest BCUT2D eigenvalue weighted by Gasteiger charge is 2.46. The maximum atomic E-state index is 14.3. The highest BCUT2D eigenvalue weighted by Crippen LogP contribution is 2.45. The second-order valence-electron chi connectivity index (χ2n) is 6.29. The van der Waals surface area contributed by atoms with Crippen molar-refractivity contribution in [2.24, 2.45) is 5.92 Å². The van der Waals surface area contributed by atoms with E-state index in [-0.39, 0.29) is 12.0 Å². The molecule has 3 unspecified atom stereocenters. The molecule has 6 heteroatoms. The van der Waals surface area contributed by atoms with Gasteiger partial charge < -0.3 is 5.11 Å². The maximum absolute atomic E-state index is 14.3. The summed E-state index contributed by atoms with van der Waals surface area (Å²) in [5.41, 5.74) is -0.0143. The van der Waals surface area contributed by atoms with Crippen molar-refractivity contribution in [2.45, 2.75) is 37.0 Å². The second kappa shape index (κ2) is 4.40. The fraction of sp³-hybridized carbons (Fsp3) is 0.467. The zero-order valence-corrected chi connectivity index (χ0v) is 11.9. The number of aromatic nitrogens is 3. The summed E-state index contributed by atoms with van der Waals surface area (Å²) in [4.78, 5) is 4.31. The lowest BCUT2D eigenvalue weighted by Crippen LogP contribution is -2.30. The van der Waals surface area contributed by atoms with Gasteiger partial charge in [0.05, 0.1) is 11.5 Å². The molecule has 1 aromatic heterocycles. The van der Waals surface area contributed by atoms with Crippen molar-refractivity contribution in [3.05, 3.63) is 47.5 Å². The summed E-state index contributed by atoms with van der Waals surface area (Å²) >= 11 is 0. The van der Waals surface area contributed by atoms with Gasteiger partial charge in [-0.15, -0.1) is 0 Å². The van der Waals surface area contributed by atoms with Crippen molar-refractivity contribution in [2.75, 3.05) is 0 Å². The van der Waals surface area contributed by atoms with Crippen LogP contribution in [0.25, 0.3) is 0 Å². The number of aliphatic hydroxyl groups is 1. The fourth-order valence-electron chi connectivity index (χ4n) is 3.17. The Morgan fingerprint density at radius 2 is 2.00 bits per heavy atom. The molecule has 0 radical (unpaired) electrons. The molecule has 0 saturated heterocycles. The van der Waals surface area contributed by atoms with Crippen LogP contribution in [0.4, 0.5) is 4.39 Å². The Hall–Kier alpha value is -1.69. The number of alkyl halides is 1. The van der Waals surface area contributed by atoms with Crippen LogP contribution in [0.15, 0.2) is 30.3 Å². The van der Waals surface area contributed by atoms with E-state index in [1.165, 1.54) is 0 Å². The standard InChI is InChI=1S/C15H17BFN3O/c16-15(21,10-6-7-10)14-18-13-11(17)8-12(20(13)19-14)9-4-2-1-3-5-9/h1-5,10-12,21H,6-8,16H2. The summed E-state index contributed by atoms with van der Waals surface area (Å²) < 4.78 is 15.9. The Labute approximate surface area is 123 Å². The zero-order chi connectivity index (χ0) is 14.6. The van der Waals surface area contributed by atoms with Gasteiger partial charge in [0.2, 0.25) is 0 Å². The van der Waals surface area contributed by atoms with Gasteiger partial charge in [0.15, 0.2) is 25.7 Å². The van der Waals surface area contributed by atoms with E-state index >= 15 is 0 Å². The number of hydrogen-bond acceptors (Lipinski definition) is 3. The molecule has 0 amide bonds. The molecule has 1 aromatic carbocycles. The molecule has 2 aromatic rings. The minimum absolute atomic E-state index is 0.132. The molecule has 0 bridgehead atoms. The molecule has 4 nitrogen and oxygen atoms in total. The second-order valence-corrected chi connectivity index (χ2v) is 6.29. The van der Waals surface area contributed by atoms with E-state index in [1.807, 2.05) is 30.3 Å². The number of fused-ring (bicyclic) bond motifs is 1. The van der Waals surface area contributed by atoms with E-state index in [4.69, 9.17) is 0 Å². The predicted molar refractivity (Wildman–Crippen MR) is 78.2 cm³/mol. The molecule has 1 N–H and O–H groups in total. The van der Waals surface area contributed by atoms with Gasteiger partial charge in [-0.1, -0.05) is 30.3 Å². The van der Waals surface area contributed by atoms with Crippen molar-refractivity contribution < 1.29 is 9.50 Å². The van der Waals surface area contributed by atoms with E-state index in [9.17, 15) is 9.50 Å². The van der Waals surface area contributed by atoms with Crippen LogP contribution in [-0.2, 0) is 5.50 Å². The number of halogens is 1. The van der Waals surface area contributed by atoms with Crippen LogP contribution in [0, 0.1) is 5.92 Å². The summed E-state index contributed by atoms with van der Waals surface area (Å²) in [5.74, 6) is 0.914. The number of benzene rings is 1. The average Bonchev–Trinajstić information content (AvgIpc) is 3.17. The lowest BCUT2D eigenvalue weighted by molar-refractivity contribution is 0.0924. The summed E-state index contributed by atoms with van der Waals surface area (Å²) in [6.07, 6.45) is 1.22. The monoisotopic (exact) mass is 285 g/mol. The van der Waals surface area contributed by atoms with Gasteiger partial charge >= 0.3 is 0 Å². The maximum Gasteiger partial charge on any atom is 0.173 e. The molecule has 1 aliphatic heterocycles. The predicted octanol–water partition coefficient (Wildman–Crippen LogP) is 1.47. The lowest BCUT2D eigenvalue weighted by atomic mass is 9.76. The molecule has 1 fully saturated rings. The van der Waals surface area contributed by atoms with E-state index in [0.29, 0.717) is 18.1 Å². The average molecular weight is 285 g/mol. The van der Waals surface area contributed by atoms with Crippen molar-refractivity contribution >= 4 is 7.85 Å². The third kappa shape index (κ3) is 2.00. The van der Waals surface area contributed by atoms with Crippen molar-refractivity contribution in [3.8, 4) is 0 Å². The summed E-state index contributed by atoms with van der Waals surface area (Å²) in [5, 5.41) is 15.0. The van der Waals surface area contributed by atoms with E-state index in [2.05, 4.69) is 10.1 Å². The SMILES string of the molecule is BC(O)(c1nc2n(n1)C(c1ccccc1)CC2F)C1CC1. The number of rotatable bonds is 3. The van der Waals surface area contributed by atoms with Crippen LogP contribution >= 0.6 is 0 Å². The van der Waals surface area contributed by atoms with E-state index in [0.717, 1.165) is 18.4 Å². The Morgan fingerprint density at radius 3 is 2.67 bits per heavy atom. The summed E-state index contributed by atoms with van der Waals surface area (Å²) in [7, 11) is 1.74. The third-order valence-electron chi connectivity index (χ3n) is 4.67. The van der Waals surface area contributed by atoms with E-state index in [1.54, 1.807) is 12.5 Å². The number of hydrogen-bond donors (Lipinski definition) is 1. The quantitative estimate of drug-likeness (QED) is 0.869. The van der Waals surface area contributed by atoms with Gasteiger partial charge in [-0.25, -0.2) is 14.1 Å². The highest BCUT2D eigenvalue weighted by molar-refractivity contribution is 6.14. The minimum Gasteiger partial charge on any atom is -0.391 e. The Kier molecular flexibility index (Phi) is 2.73. The Morgan fingerprint density at radius 1 is 1.29 bits per heavy atom. The summed E-state index contributed by atoms with van der Waals surface area (Å²) in [6, 6.07) is 9.65. The van der Waals surface area contributed by atoms with Crippen molar-refractivity contribution in [1.29, 1.82) is 0 Å². The first-order chi connectivity index (χ1) is 10.1. The minimum atomic E-state index is -1.12. The highest BCUT2D eigenvalue weighted by atomic mass is 19.1. The topological polar surface area (TPSA) is 50.9 Å². The van der Waals surface area contributed by atoms with Crippen LogP contribution in [0.3, 0.4) is 0 Å². The van der Waals surface area contributed by atoms with Crippen LogP contribution < -0.4 is 0 Å². The van der Waals surface area contributed by atoms with Crippen LogP contribution in [0.5, 0.6) is 0 Å². The third-order valence-corrected chi connectivity index (χ3v) is 4.67. The molecule has 21 heavy (non-hydrogen) atoms. The molecule has 1 saturated carbocycles. The Bertz CT molecular complexity index is 669. The van der Waals surface area contributed by atoms with Gasteiger partial charge in [0.1, 0.15) is 0 Å². The molecule has 2 aliphatic rings. The largest absolute Gasteiger partial charge is 0.391 e. The summed E-state index contributed by atoms with van der Waals surface area (Å²) in [6.45, 7) is 0. The fourth-order valence-corrected chi connectivity index (χ4v) is 3.17. The smallest absolute Gasteiger partial charge is 0.173 e. The first-order valence-corrected chi connectivity index (χ1v) is 7.45. The molecule has 1 aliphatic carbocycles. The normalized spacial score (nSPS) is 27.3. The van der Waals surface area contributed by atoms with Crippen LogP contribution in [0.1, 0.15) is 48.7 Å². The molecule has 2 heterocycles. The first kappa shape index (κ1) is 13.0. The van der Waals surface area contributed by atoms with Gasteiger partial charge in [0.25, 0.3) is 0 Å².